The Morgan fingerprint density at radius 3 is 1.71 bits per heavy atom. The van der Waals surface area contributed by atoms with Gasteiger partial charge in [-0.3, -0.25) is 4.79 Å². The number of carbonyl (C=O) groups is 1. The molecule has 2 N–H and O–H groups in total. The van der Waals surface area contributed by atoms with Crippen molar-refractivity contribution in [3.05, 3.63) is 102 Å². The number of hydrogen-bond donors (Lipinski definition) is 2. The number of rotatable bonds is 8. The third-order valence-corrected chi connectivity index (χ3v) is 5.75. The number of nitrogens with one attached hydrogen (secondary N) is 2. The fourth-order valence-electron chi connectivity index (χ4n) is 2.87. The number of sulfonamides is 1. The molecule has 144 valence electrons. The number of benzene rings is 3. The molecule has 0 spiro atoms. The van der Waals surface area contributed by atoms with E-state index in [2.05, 4.69) is 10.0 Å². The van der Waals surface area contributed by atoms with Crippen LogP contribution in [0, 0.1) is 0 Å². The normalized spacial score (nSPS) is 11.3. The van der Waals surface area contributed by atoms with Crippen molar-refractivity contribution in [2.24, 2.45) is 0 Å². The number of carbonyl (C=O) groups excluding carboxylic acids is 1. The summed E-state index contributed by atoms with van der Waals surface area (Å²) in [5.41, 5.74) is 1.93. The molecule has 0 aliphatic carbocycles. The molecule has 0 aliphatic rings. The van der Waals surface area contributed by atoms with Crippen LogP contribution in [0.4, 0.5) is 0 Å². The highest BCUT2D eigenvalue weighted by atomic mass is 32.2. The lowest BCUT2D eigenvalue weighted by Gasteiger charge is -2.20. The Bertz CT molecular complexity index is 952. The van der Waals surface area contributed by atoms with Gasteiger partial charge in [0.1, 0.15) is 0 Å². The molecule has 0 heterocycles. The first-order valence-corrected chi connectivity index (χ1v) is 10.5. The van der Waals surface area contributed by atoms with Crippen LogP contribution in [0.5, 0.6) is 0 Å². The summed E-state index contributed by atoms with van der Waals surface area (Å²) in [7, 11) is -3.62. The van der Waals surface area contributed by atoms with Crippen LogP contribution in [-0.2, 0) is 14.8 Å². The molecule has 3 aromatic carbocycles. The minimum atomic E-state index is -3.62. The Morgan fingerprint density at radius 2 is 1.21 bits per heavy atom. The SMILES string of the molecule is O=C(CCNS(=O)(=O)c1ccccc1)NC(c1ccccc1)c1ccccc1. The lowest BCUT2D eigenvalue weighted by atomic mass is 9.98. The molecule has 0 saturated heterocycles. The van der Waals surface area contributed by atoms with E-state index < -0.39 is 10.0 Å². The van der Waals surface area contributed by atoms with Gasteiger partial charge >= 0.3 is 0 Å². The van der Waals surface area contributed by atoms with E-state index in [0.717, 1.165) is 11.1 Å². The minimum absolute atomic E-state index is 0.0271. The molecule has 0 unspecified atom stereocenters. The topological polar surface area (TPSA) is 75.3 Å². The van der Waals surface area contributed by atoms with E-state index in [1.165, 1.54) is 12.1 Å². The van der Waals surface area contributed by atoms with Crippen molar-refractivity contribution in [1.82, 2.24) is 10.0 Å². The molecule has 3 rings (SSSR count). The number of amides is 1. The molecule has 0 saturated carbocycles. The Balaban J connectivity index is 1.63. The van der Waals surface area contributed by atoms with Crippen molar-refractivity contribution in [1.29, 1.82) is 0 Å². The molecule has 6 heteroatoms. The zero-order chi connectivity index (χ0) is 19.8. The molecule has 28 heavy (non-hydrogen) atoms. The van der Waals surface area contributed by atoms with Crippen LogP contribution in [0.1, 0.15) is 23.6 Å². The van der Waals surface area contributed by atoms with E-state index in [1.54, 1.807) is 18.2 Å². The van der Waals surface area contributed by atoms with Gasteiger partial charge in [-0.2, -0.15) is 0 Å². The van der Waals surface area contributed by atoms with Crippen LogP contribution in [0.15, 0.2) is 95.9 Å². The van der Waals surface area contributed by atoms with Gasteiger partial charge in [0, 0.05) is 13.0 Å². The Morgan fingerprint density at radius 1 is 0.750 bits per heavy atom. The van der Waals surface area contributed by atoms with Crippen LogP contribution >= 0.6 is 0 Å². The summed E-state index contributed by atoms with van der Waals surface area (Å²) in [5.74, 6) is -0.228. The second kappa shape index (κ2) is 9.30. The second-order valence-electron chi connectivity index (χ2n) is 6.28. The molecular formula is C22H22N2O3S. The van der Waals surface area contributed by atoms with Gasteiger partial charge in [-0.15, -0.1) is 0 Å². The quantitative estimate of drug-likeness (QED) is 0.616. The number of hydrogen-bond acceptors (Lipinski definition) is 3. The van der Waals surface area contributed by atoms with Gasteiger partial charge < -0.3 is 5.32 Å². The third-order valence-electron chi connectivity index (χ3n) is 4.27. The van der Waals surface area contributed by atoms with Crippen LogP contribution in [0.25, 0.3) is 0 Å². The maximum Gasteiger partial charge on any atom is 0.240 e. The summed E-state index contributed by atoms with van der Waals surface area (Å²) in [4.78, 5) is 12.7. The van der Waals surface area contributed by atoms with Gasteiger partial charge in [0.15, 0.2) is 0 Å². The van der Waals surface area contributed by atoms with Gasteiger partial charge in [-0.05, 0) is 23.3 Å². The monoisotopic (exact) mass is 394 g/mol. The van der Waals surface area contributed by atoms with Crippen molar-refractivity contribution >= 4 is 15.9 Å². The molecule has 0 aromatic heterocycles. The lowest BCUT2D eigenvalue weighted by molar-refractivity contribution is -0.121. The molecule has 0 aliphatic heterocycles. The zero-order valence-corrected chi connectivity index (χ0v) is 16.1. The summed E-state index contributed by atoms with van der Waals surface area (Å²) < 4.78 is 26.9. The third kappa shape index (κ3) is 5.28. The predicted molar refractivity (Wildman–Crippen MR) is 109 cm³/mol. The van der Waals surface area contributed by atoms with Crippen molar-refractivity contribution in [3.63, 3.8) is 0 Å². The summed E-state index contributed by atoms with van der Waals surface area (Å²) >= 11 is 0. The van der Waals surface area contributed by atoms with E-state index in [1.807, 2.05) is 60.7 Å². The van der Waals surface area contributed by atoms with E-state index >= 15 is 0 Å². The molecule has 0 fully saturated rings. The maximum absolute atomic E-state index is 12.5. The zero-order valence-electron chi connectivity index (χ0n) is 15.3. The largest absolute Gasteiger partial charge is 0.345 e. The average molecular weight is 394 g/mol. The van der Waals surface area contributed by atoms with E-state index in [4.69, 9.17) is 0 Å². The first kappa shape index (κ1) is 19.8. The van der Waals surface area contributed by atoms with Crippen molar-refractivity contribution in [3.8, 4) is 0 Å². The molecule has 0 bridgehead atoms. The summed E-state index contributed by atoms with van der Waals surface area (Å²) in [6.45, 7) is 0.0271. The van der Waals surface area contributed by atoms with Gasteiger partial charge in [0.25, 0.3) is 0 Å². The fourth-order valence-corrected chi connectivity index (χ4v) is 3.92. The van der Waals surface area contributed by atoms with Crippen LogP contribution in [0.3, 0.4) is 0 Å². The van der Waals surface area contributed by atoms with E-state index in [9.17, 15) is 13.2 Å². The lowest BCUT2D eigenvalue weighted by Crippen LogP contribution is -2.33. The maximum atomic E-state index is 12.5. The minimum Gasteiger partial charge on any atom is -0.345 e. The molecule has 0 radical (unpaired) electrons. The Labute approximate surface area is 165 Å². The van der Waals surface area contributed by atoms with Crippen molar-refractivity contribution < 1.29 is 13.2 Å². The first-order valence-electron chi connectivity index (χ1n) is 9.00. The molecule has 3 aromatic rings. The summed E-state index contributed by atoms with van der Waals surface area (Å²) in [5, 5.41) is 3.00. The average Bonchev–Trinajstić information content (AvgIpc) is 2.74. The Kier molecular flexibility index (Phi) is 6.57. The van der Waals surface area contributed by atoms with Crippen molar-refractivity contribution in [2.75, 3.05) is 6.54 Å². The smallest absolute Gasteiger partial charge is 0.240 e. The molecule has 0 atom stereocenters. The summed E-state index contributed by atoms with van der Waals surface area (Å²) in [6, 6.07) is 27.2. The first-order chi connectivity index (χ1) is 13.6. The van der Waals surface area contributed by atoms with Gasteiger partial charge in [0.05, 0.1) is 10.9 Å². The second-order valence-corrected chi connectivity index (χ2v) is 8.05. The van der Waals surface area contributed by atoms with E-state index in [0.29, 0.717) is 0 Å². The van der Waals surface area contributed by atoms with E-state index in [-0.39, 0.29) is 29.8 Å². The van der Waals surface area contributed by atoms with Crippen LogP contribution in [-0.4, -0.2) is 20.9 Å². The van der Waals surface area contributed by atoms with Crippen molar-refractivity contribution in [2.45, 2.75) is 17.4 Å². The highest BCUT2D eigenvalue weighted by Crippen LogP contribution is 2.21. The predicted octanol–water partition coefficient (Wildman–Crippen LogP) is 3.26. The van der Waals surface area contributed by atoms with Crippen LogP contribution in [0.2, 0.25) is 0 Å². The summed E-state index contributed by atoms with van der Waals surface area (Å²) in [6.07, 6.45) is 0.0439. The molecule has 5 nitrogen and oxygen atoms in total. The van der Waals surface area contributed by atoms with Gasteiger partial charge in [-0.1, -0.05) is 78.9 Å². The van der Waals surface area contributed by atoms with Gasteiger partial charge in [-0.25, -0.2) is 13.1 Å². The van der Waals surface area contributed by atoms with Crippen LogP contribution < -0.4 is 10.0 Å². The molecular weight excluding hydrogens is 372 g/mol. The fraction of sp³-hybridized carbons (Fsp3) is 0.136. The van der Waals surface area contributed by atoms with Gasteiger partial charge in [0.2, 0.25) is 15.9 Å². The molecule has 1 amide bonds. The standard InChI is InChI=1S/C22H22N2O3S/c25-21(16-17-23-28(26,27)20-14-8-3-9-15-20)24-22(18-10-4-1-5-11-18)19-12-6-2-7-13-19/h1-15,22-23H,16-17H2,(H,24,25). The highest BCUT2D eigenvalue weighted by molar-refractivity contribution is 7.89. The Hall–Kier alpha value is -2.96. The highest BCUT2D eigenvalue weighted by Gasteiger charge is 2.18.